The van der Waals surface area contributed by atoms with Crippen LogP contribution in [-0.2, 0) is 23.8 Å². The number of halogens is 3. The molecule has 2 aliphatic heterocycles. The molecule has 2 aliphatic rings. The lowest BCUT2D eigenvalue weighted by molar-refractivity contribution is -0.261. The Balaban J connectivity index is 1.52. The first-order valence-electron chi connectivity index (χ1n) is 6.26. The number of ether oxygens (including phenoxy) is 3. The van der Waals surface area contributed by atoms with Gasteiger partial charge in [0.1, 0.15) is 6.10 Å². The van der Waals surface area contributed by atoms with Crippen LogP contribution in [0, 0.1) is 5.92 Å². The highest BCUT2D eigenvalue weighted by Crippen LogP contribution is 2.22. The Labute approximate surface area is 113 Å². The second-order valence-electron chi connectivity index (χ2n) is 4.69. The normalized spacial score (nSPS) is 25.2. The van der Waals surface area contributed by atoms with E-state index in [0.29, 0.717) is 33.0 Å². The average Bonchev–Trinajstić information content (AvgIpc) is 2.35. The van der Waals surface area contributed by atoms with Gasteiger partial charge in [0, 0.05) is 19.0 Å². The zero-order chi connectivity index (χ0) is 14.6. The van der Waals surface area contributed by atoms with Crippen molar-refractivity contribution >= 4 is 5.97 Å². The number of hydroxylamine groups is 2. The Morgan fingerprint density at radius 2 is 2.00 bits per heavy atom. The van der Waals surface area contributed by atoms with Crippen LogP contribution in [0.3, 0.4) is 0 Å². The molecule has 0 aromatic rings. The van der Waals surface area contributed by atoms with E-state index in [0.717, 1.165) is 5.06 Å². The van der Waals surface area contributed by atoms with Gasteiger partial charge in [0.15, 0.2) is 0 Å². The van der Waals surface area contributed by atoms with Crippen LogP contribution in [0.5, 0.6) is 0 Å². The fraction of sp³-hybridized carbons (Fsp3) is 0.909. The molecule has 6 nitrogen and oxygen atoms in total. The first kappa shape index (κ1) is 15.5. The maximum Gasteiger partial charge on any atom is 0.492 e. The van der Waals surface area contributed by atoms with Crippen molar-refractivity contribution in [3.05, 3.63) is 0 Å². The first-order chi connectivity index (χ1) is 9.45. The van der Waals surface area contributed by atoms with Crippen LogP contribution < -0.4 is 0 Å². The van der Waals surface area contributed by atoms with E-state index in [1.165, 1.54) is 0 Å². The standard InChI is InChI=1S/C11H16F3NO5/c12-11(13,14)10(16)20-15-3-8(4-15)5-18-7-9-6-17-1-2-19-9/h8-9H,1-7H2/t9-/m1/s1. The molecule has 0 unspecified atom stereocenters. The van der Waals surface area contributed by atoms with E-state index in [1.807, 2.05) is 0 Å². The molecule has 0 bridgehead atoms. The first-order valence-corrected chi connectivity index (χ1v) is 6.26. The van der Waals surface area contributed by atoms with Crippen LogP contribution in [-0.4, -0.2) is 69.4 Å². The van der Waals surface area contributed by atoms with Crippen molar-refractivity contribution in [2.24, 2.45) is 5.92 Å². The van der Waals surface area contributed by atoms with Gasteiger partial charge in [-0.15, -0.1) is 5.06 Å². The minimum absolute atomic E-state index is 0.0561. The molecular formula is C11H16F3NO5. The third kappa shape index (κ3) is 4.58. The molecule has 2 heterocycles. The van der Waals surface area contributed by atoms with Gasteiger partial charge in [-0.1, -0.05) is 0 Å². The molecule has 0 radical (unpaired) electrons. The lowest BCUT2D eigenvalue weighted by Gasteiger charge is -2.37. The van der Waals surface area contributed by atoms with Crippen LogP contribution in [0.15, 0.2) is 0 Å². The van der Waals surface area contributed by atoms with E-state index in [-0.39, 0.29) is 25.1 Å². The highest BCUT2D eigenvalue weighted by molar-refractivity contribution is 5.75. The maximum absolute atomic E-state index is 11.9. The van der Waals surface area contributed by atoms with Crippen LogP contribution in [0.25, 0.3) is 0 Å². The van der Waals surface area contributed by atoms with Gasteiger partial charge >= 0.3 is 12.1 Å². The molecule has 2 saturated heterocycles. The number of carbonyl (C=O) groups is 1. The second-order valence-corrected chi connectivity index (χ2v) is 4.69. The molecule has 0 saturated carbocycles. The van der Waals surface area contributed by atoms with Crippen LogP contribution >= 0.6 is 0 Å². The van der Waals surface area contributed by atoms with Gasteiger partial charge in [-0.25, -0.2) is 4.79 Å². The summed E-state index contributed by atoms with van der Waals surface area (Å²) in [4.78, 5) is 14.7. The number of nitrogens with zero attached hydrogens (tertiary/aromatic N) is 1. The quantitative estimate of drug-likeness (QED) is 0.731. The Hall–Kier alpha value is -0.900. The van der Waals surface area contributed by atoms with Gasteiger partial charge in [0.05, 0.1) is 33.0 Å². The fourth-order valence-electron chi connectivity index (χ4n) is 1.87. The Morgan fingerprint density at radius 1 is 1.25 bits per heavy atom. The van der Waals surface area contributed by atoms with Gasteiger partial charge < -0.3 is 19.0 Å². The van der Waals surface area contributed by atoms with E-state index in [4.69, 9.17) is 14.2 Å². The number of hydrogen-bond donors (Lipinski definition) is 0. The molecule has 0 aliphatic carbocycles. The molecule has 20 heavy (non-hydrogen) atoms. The van der Waals surface area contributed by atoms with Crippen LogP contribution in [0.1, 0.15) is 0 Å². The molecule has 1 atom stereocenters. The molecule has 0 aromatic carbocycles. The highest BCUT2D eigenvalue weighted by Gasteiger charge is 2.44. The summed E-state index contributed by atoms with van der Waals surface area (Å²) in [6, 6.07) is 0. The molecule has 0 N–H and O–H groups in total. The number of hydrogen-bond acceptors (Lipinski definition) is 6. The second kappa shape index (κ2) is 6.70. The van der Waals surface area contributed by atoms with Crippen molar-refractivity contribution in [3.63, 3.8) is 0 Å². The minimum Gasteiger partial charge on any atom is -0.378 e. The summed E-state index contributed by atoms with van der Waals surface area (Å²) < 4.78 is 51.7. The van der Waals surface area contributed by atoms with Crippen molar-refractivity contribution in [1.29, 1.82) is 0 Å². The monoisotopic (exact) mass is 299 g/mol. The topological polar surface area (TPSA) is 57.2 Å². The number of carbonyl (C=O) groups excluding carboxylic acids is 1. The van der Waals surface area contributed by atoms with E-state index in [9.17, 15) is 18.0 Å². The van der Waals surface area contributed by atoms with E-state index >= 15 is 0 Å². The fourth-order valence-corrected chi connectivity index (χ4v) is 1.87. The summed E-state index contributed by atoms with van der Waals surface area (Å²) >= 11 is 0. The molecular weight excluding hydrogens is 283 g/mol. The summed E-state index contributed by atoms with van der Waals surface area (Å²) in [7, 11) is 0. The van der Waals surface area contributed by atoms with Crippen LogP contribution in [0.4, 0.5) is 13.2 Å². The van der Waals surface area contributed by atoms with Crippen molar-refractivity contribution in [3.8, 4) is 0 Å². The summed E-state index contributed by atoms with van der Waals surface area (Å²) in [5.74, 6) is -2.13. The lowest BCUT2D eigenvalue weighted by Crippen LogP contribution is -2.51. The highest BCUT2D eigenvalue weighted by atomic mass is 19.4. The Kier molecular flexibility index (Phi) is 5.19. The summed E-state index contributed by atoms with van der Waals surface area (Å²) in [6.07, 6.45) is -5.05. The van der Waals surface area contributed by atoms with Crippen molar-refractivity contribution in [2.75, 3.05) is 46.1 Å². The SMILES string of the molecule is O=C(ON1CC(COC[C@H]2COCCO2)C1)C(F)(F)F. The Morgan fingerprint density at radius 3 is 2.60 bits per heavy atom. The maximum atomic E-state index is 11.9. The van der Waals surface area contributed by atoms with Crippen molar-refractivity contribution in [1.82, 2.24) is 5.06 Å². The van der Waals surface area contributed by atoms with Gasteiger partial charge in [-0.3, -0.25) is 0 Å². The van der Waals surface area contributed by atoms with Crippen molar-refractivity contribution < 1.29 is 37.0 Å². The largest absolute Gasteiger partial charge is 0.492 e. The van der Waals surface area contributed by atoms with E-state index in [2.05, 4.69) is 4.84 Å². The minimum atomic E-state index is -4.96. The van der Waals surface area contributed by atoms with Gasteiger partial charge in [0.25, 0.3) is 0 Å². The molecule has 116 valence electrons. The third-order valence-electron chi connectivity index (χ3n) is 2.91. The van der Waals surface area contributed by atoms with Crippen molar-refractivity contribution in [2.45, 2.75) is 12.3 Å². The molecule has 0 amide bonds. The molecule has 0 aromatic heterocycles. The molecule has 2 rings (SSSR count). The smallest absolute Gasteiger partial charge is 0.378 e. The van der Waals surface area contributed by atoms with Gasteiger partial charge in [-0.05, 0) is 0 Å². The summed E-state index contributed by atoms with van der Waals surface area (Å²) in [5.41, 5.74) is 0. The molecule has 9 heteroatoms. The molecule has 2 fully saturated rings. The van der Waals surface area contributed by atoms with E-state index in [1.54, 1.807) is 0 Å². The average molecular weight is 299 g/mol. The zero-order valence-corrected chi connectivity index (χ0v) is 10.7. The third-order valence-corrected chi connectivity index (χ3v) is 2.91. The summed E-state index contributed by atoms with van der Waals surface area (Å²) in [5, 5.41) is 0.976. The molecule has 0 spiro atoms. The van der Waals surface area contributed by atoms with Gasteiger partial charge in [0.2, 0.25) is 0 Å². The summed E-state index contributed by atoms with van der Waals surface area (Å²) in [6.45, 7) is 2.86. The van der Waals surface area contributed by atoms with Gasteiger partial charge in [-0.2, -0.15) is 13.2 Å². The lowest BCUT2D eigenvalue weighted by atomic mass is 10.0. The predicted octanol–water partition coefficient (Wildman–Crippen LogP) is 0.371. The predicted molar refractivity (Wildman–Crippen MR) is 58.6 cm³/mol. The Bertz CT molecular complexity index is 327. The van der Waals surface area contributed by atoms with E-state index < -0.39 is 12.1 Å². The number of rotatable bonds is 5. The number of alkyl halides is 3. The van der Waals surface area contributed by atoms with Crippen LogP contribution in [0.2, 0.25) is 0 Å². The zero-order valence-electron chi connectivity index (χ0n) is 10.7.